The summed E-state index contributed by atoms with van der Waals surface area (Å²) < 4.78 is 5.65. The van der Waals surface area contributed by atoms with Gasteiger partial charge in [0.05, 0.1) is 12.0 Å². The third-order valence-corrected chi connectivity index (χ3v) is 5.43. The standard InChI is InChI=1S/C24H29ClN2O3/c1-17(2)30-22-11-5-18(6-12-22)13-14-26-23(28)20-4-3-15-27(16-20)24(29)19-7-9-21(25)10-8-19/h5-12,17,20H,3-4,13-16H2,1-2H3,(H,26,28). The van der Waals surface area contributed by atoms with Crippen LogP contribution in [0.15, 0.2) is 48.5 Å². The molecule has 1 saturated heterocycles. The van der Waals surface area contributed by atoms with E-state index in [0.717, 1.165) is 30.6 Å². The number of halogens is 1. The Labute approximate surface area is 183 Å². The van der Waals surface area contributed by atoms with Gasteiger partial charge in [0.1, 0.15) is 5.75 Å². The lowest BCUT2D eigenvalue weighted by Gasteiger charge is -2.32. The van der Waals surface area contributed by atoms with E-state index < -0.39 is 0 Å². The van der Waals surface area contributed by atoms with Crippen molar-refractivity contribution in [2.75, 3.05) is 19.6 Å². The molecule has 1 atom stereocenters. The Bertz CT molecular complexity index is 850. The van der Waals surface area contributed by atoms with E-state index in [1.54, 1.807) is 29.2 Å². The maximum absolute atomic E-state index is 12.7. The fraction of sp³-hybridized carbons (Fsp3) is 0.417. The Morgan fingerprint density at radius 3 is 2.50 bits per heavy atom. The van der Waals surface area contributed by atoms with Crippen molar-refractivity contribution in [3.8, 4) is 5.75 Å². The number of nitrogens with one attached hydrogen (secondary N) is 1. The highest BCUT2D eigenvalue weighted by molar-refractivity contribution is 6.30. The number of ether oxygens (including phenoxy) is 1. The molecule has 1 aliphatic rings. The Morgan fingerprint density at radius 2 is 1.83 bits per heavy atom. The van der Waals surface area contributed by atoms with Crippen molar-refractivity contribution in [1.29, 1.82) is 0 Å². The highest BCUT2D eigenvalue weighted by atomic mass is 35.5. The minimum atomic E-state index is -0.170. The zero-order valence-electron chi connectivity index (χ0n) is 17.6. The number of amides is 2. The van der Waals surface area contributed by atoms with Crippen LogP contribution in [0.2, 0.25) is 5.02 Å². The van der Waals surface area contributed by atoms with Gasteiger partial charge in [-0.25, -0.2) is 0 Å². The van der Waals surface area contributed by atoms with Gasteiger partial charge >= 0.3 is 0 Å². The first-order valence-electron chi connectivity index (χ1n) is 10.5. The molecule has 0 aliphatic carbocycles. The second-order valence-corrected chi connectivity index (χ2v) is 8.39. The molecule has 2 aromatic rings. The van der Waals surface area contributed by atoms with E-state index in [9.17, 15) is 9.59 Å². The lowest BCUT2D eigenvalue weighted by molar-refractivity contribution is -0.126. The highest BCUT2D eigenvalue weighted by Gasteiger charge is 2.28. The molecule has 5 nitrogen and oxygen atoms in total. The number of carbonyl (C=O) groups is 2. The van der Waals surface area contributed by atoms with Crippen LogP contribution in [-0.4, -0.2) is 42.5 Å². The summed E-state index contributed by atoms with van der Waals surface area (Å²) >= 11 is 5.90. The van der Waals surface area contributed by atoms with Crippen LogP contribution in [-0.2, 0) is 11.2 Å². The number of hydrogen-bond acceptors (Lipinski definition) is 3. The molecule has 0 aromatic heterocycles. The molecule has 0 saturated carbocycles. The monoisotopic (exact) mass is 428 g/mol. The molecule has 1 aliphatic heterocycles. The largest absolute Gasteiger partial charge is 0.491 e. The predicted molar refractivity (Wildman–Crippen MR) is 119 cm³/mol. The van der Waals surface area contributed by atoms with Crippen LogP contribution < -0.4 is 10.1 Å². The van der Waals surface area contributed by atoms with Gasteiger partial charge in [-0.05, 0) is 75.1 Å². The van der Waals surface area contributed by atoms with Crippen LogP contribution in [0.5, 0.6) is 5.75 Å². The van der Waals surface area contributed by atoms with Gasteiger partial charge in [-0.15, -0.1) is 0 Å². The summed E-state index contributed by atoms with van der Waals surface area (Å²) in [6, 6.07) is 14.8. The second-order valence-electron chi connectivity index (χ2n) is 7.95. The van der Waals surface area contributed by atoms with Crippen LogP contribution in [0.3, 0.4) is 0 Å². The molecular formula is C24H29ClN2O3. The molecule has 0 radical (unpaired) electrons. The first-order valence-corrected chi connectivity index (χ1v) is 10.9. The Balaban J connectivity index is 1.47. The van der Waals surface area contributed by atoms with Crippen molar-refractivity contribution in [2.45, 2.75) is 39.2 Å². The fourth-order valence-electron chi connectivity index (χ4n) is 3.63. The van der Waals surface area contributed by atoms with Crippen molar-refractivity contribution in [1.82, 2.24) is 10.2 Å². The number of hydrogen-bond donors (Lipinski definition) is 1. The summed E-state index contributed by atoms with van der Waals surface area (Å²) in [6.07, 6.45) is 2.54. The minimum absolute atomic E-state index is 0.0170. The van der Waals surface area contributed by atoms with Gasteiger partial charge in [0.25, 0.3) is 5.91 Å². The Hall–Kier alpha value is -2.53. The molecular weight excluding hydrogens is 400 g/mol. The molecule has 0 bridgehead atoms. The van der Waals surface area contributed by atoms with Gasteiger partial charge in [-0.1, -0.05) is 23.7 Å². The van der Waals surface area contributed by atoms with E-state index in [0.29, 0.717) is 30.2 Å². The van der Waals surface area contributed by atoms with Crippen LogP contribution in [0, 0.1) is 5.92 Å². The van der Waals surface area contributed by atoms with Crippen LogP contribution in [0.25, 0.3) is 0 Å². The van der Waals surface area contributed by atoms with Crippen molar-refractivity contribution in [3.05, 3.63) is 64.7 Å². The number of piperidine rings is 1. The van der Waals surface area contributed by atoms with Gasteiger partial charge in [-0.2, -0.15) is 0 Å². The van der Waals surface area contributed by atoms with E-state index >= 15 is 0 Å². The number of rotatable bonds is 7. The summed E-state index contributed by atoms with van der Waals surface area (Å²) in [5.41, 5.74) is 1.75. The molecule has 1 heterocycles. The lowest BCUT2D eigenvalue weighted by atomic mass is 9.96. The maximum Gasteiger partial charge on any atom is 0.253 e. The van der Waals surface area contributed by atoms with Gasteiger partial charge in [-0.3, -0.25) is 9.59 Å². The Morgan fingerprint density at radius 1 is 1.13 bits per heavy atom. The summed E-state index contributed by atoms with van der Waals surface area (Å²) in [7, 11) is 0. The smallest absolute Gasteiger partial charge is 0.253 e. The number of nitrogens with zero attached hydrogens (tertiary/aromatic N) is 1. The fourth-order valence-corrected chi connectivity index (χ4v) is 3.76. The molecule has 2 amide bonds. The number of likely N-dealkylation sites (tertiary alicyclic amines) is 1. The van der Waals surface area contributed by atoms with Gasteiger partial charge in [0, 0.05) is 30.2 Å². The van der Waals surface area contributed by atoms with Gasteiger partial charge in [0.2, 0.25) is 5.91 Å². The molecule has 1 fully saturated rings. The lowest BCUT2D eigenvalue weighted by Crippen LogP contribution is -2.45. The quantitative estimate of drug-likeness (QED) is 0.713. The van der Waals surface area contributed by atoms with Crippen LogP contribution in [0.4, 0.5) is 0 Å². The second kappa shape index (κ2) is 10.5. The molecule has 3 rings (SSSR count). The normalized spacial score (nSPS) is 16.4. The molecule has 0 spiro atoms. The SMILES string of the molecule is CC(C)Oc1ccc(CCNC(=O)C2CCCN(C(=O)c3ccc(Cl)cc3)C2)cc1. The van der Waals surface area contributed by atoms with E-state index in [4.69, 9.17) is 16.3 Å². The molecule has 2 aromatic carbocycles. The minimum Gasteiger partial charge on any atom is -0.491 e. The molecule has 30 heavy (non-hydrogen) atoms. The van der Waals surface area contributed by atoms with Crippen LogP contribution >= 0.6 is 11.6 Å². The average molecular weight is 429 g/mol. The van der Waals surface area contributed by atoms with Crippen molar-refractivity contribution < 1.29 is 14.3 Å². The first-order chi connectivity index (χ1) is 14.4. The third-order valence-electron chi connectivity index (χ3n) is 5.18. The molecule has 1 N–H and O–H groups in total. The van der Waals surface area contributed by atoms with Crippen molar-refractivity contribution >= 4 is 23.4 Å². The summed E-state index contributed by atoms with van der Waals surface area (Å²) in [5.74, 6) is 0.651. The number of benzene rings is 2. The van der Waals surface area contributed by atoms with E-state index in [2.05, 4.69) is 5.32 Å². The van der Waals surface area contributed by atoms with Crippen LogP contribution in [0.1, 0.15) is 42.6 Å². The zero-order valence-corrected chi connectivity index (χ0v) is 18.3. The molecule has 6 heteroatoms. The first kappa shape index (κ1) is 22.2. The zero-order chi connectivity index (χ0) is 21.5. The van der Waals surface area contributed by atoms with Crippen molar-refractivity contribution in [2.24, 2.45) is 5.92 Å². The van der Waals surface area contributed by atoms with E-state index in [1.165, 1.54) is 0 Å². The summed E-state index contributed by atoms with van der Waals surface area (Å²) in [4.78, 5) is 27.1. The topological polar surface area (TPSA) is 58.6 Å². The van der Waals surface area contributed by atoms with E-state index in [-0.39, 0.29) is 23.8 Å². The third kappa shape index (κ3) is 6.23. The average Bonchev–Trinajstić information content (AvgIpc) is 2.74. The maximum atomic E-state index is 12.7. The summed E-state index contributed by atoms with van der Waals surface area (Å²) in [6.45, 7) is 5.70. The van der Waals surface area contributed by atoms with Crippen molar-refractivity contribution in [3.63, 3.8) is 0 Å². The highest BCUT2D eigenvalue weighted by Crippen LogP contribution is 2.20. The summed E-state index contributed by atoms with van der Waals surface area (Å²) in [5, 5.41) is 3.63. The molecule has 160 valence electrons. The Kier molecular flexibility index (Phi) is 7.75. The number of carbonyl (C=O) groups excluding carboxylic acids is 2. The predicted octanol–water partition coefficient (Wildman–Crippen LogP) is 4.34. The van der Waals surface area contributed by atoms with Gasteiger partial charge in [0.15, 0.2) is 0 Å². The molecule has 1 unspecified atom stereocenters. The van der Waals surface area contributed by atoms with E-state index in [1.807, 2.05) is 38.1 Å². The van der Waals surface area contributed by atoms with Gasteiger partial charge < -0.3 is 15.0 Å².